The summed E-state index contributed by atoms with van der Waals surface area (Å²) in [5.41, 5.74) is 1.14. The smallest absolute Gasteiger partial charge is 0.255 e. The molecule has 1 aromatic carbocycles. The molecule has 22 heavy (non-hydrogen) atoms. The van der Waals surface area contributed by atoms with Gasteiger partial charge in [-0.2, -0.15) is 0 Å². The Bertz CT molecular complexity index is 497. The molecule has 1 aliphatic heterocycles. The van der Waals surface area contributed by atoms with Gasteiger partial charge in [0.15, 0.2) is 0 Å². The number of para-hydroxylation sites is 1. The molecule has 0 aliphatic carbocycles. The number of piperidine rings is 1. The molecule has 2 rings (SSSR count). The Balaban J connectivity index is 1.74. The van der Waals surface area contributed by atoms with Crippen molar-refractivity contribution in [1.29, 1.82) is 0 Å². The summed E-state index contributed by atoms with van der Waals surface area (Å²) in [6, 6.07) is 5.28. The molecule has 1 heterocycles. The maximum Gasteiger partial charge on any atom is 0.255 e. The second kappa shape index (κ2) is 8.15. The molecular formula is C17H26N2O3. The molecule has 1 aromatic rings. The van der Waals surface area contributed by atoms with Crippen LogP contribution in [0.15, 0.2) is 18.2 Å². The Morgan fingerprint density at radius 1 is 1.36 bits per heavy atom. The highest BCUT2D eigenvalue weighted by atomic mass is 16.3. The van der Waals surface area contributed by atoms with Crippen molar-refractivity contribution in [2.45, 2.75) is 38.7 Å². The molecule has 122 valence electrons. The van der Waals surface area contributed by atoms with Crippen molar-refractivity contribution in [1.82, 2.24) is 10.2 Å². The van der Waals surface area contributed by atoms with E-state index >= 15 is 0 Å². The first-order valence-electron chi connectivity index (χ1n) is 8.11. The number of amides is 1. The van der Waals surface area contributed by atoms with Crippen molar-refractivity contribution in [2.24, 2.45) is 0 Å². The molecule has 0 saturated carbocycles. The first-order valence-corrected chi connectivity index (χ1v) is 8.11. The molecule has 0 aromatic heterocycles. The van der Waals surface area contributed by atoms with Gasteiger partial charge in [-0.05, 0) is 43.9 Å². The minimum Gasteiger partial charge on any atom is -0.507 e. The highest BCUT2D eigenvalue weighted by molar-refractivity contribution is 5.97. The molecular weight excluding hydrogens is 280 g/mol. The summed E-state index contributed by atoms with van der Waals surface area (Å²) in [5, 5.41) is 22.4. The number of hydrogen-bond donors (Lipinski definition) is 3. The monoisotopic (exact) mass is 306 g/mol. The predicted molar refractivity (Wildman–Crippen MR) is 86.1 cm³/mol. The van der Waals surface area contributed by atoms with E-state index in [4.69, 9.17) is 0 Å². The van der Waals surface area contributed by atoms with Crippen LogP contribution >= 0.6 is 0 Å². The number of likely N-dealkylation sites (tertiary alicyclic amines) is 1. The summed E-state index contributed by atoms with van der Waals surface area (Å²) in [6.45, 7) is 5.32. The van der Waals surface area contributed by atoms with Crippen molar-refractivity contribution in [2.75, 3.05) is 26.2 Å². The van der Waals surface area contributed by atoms with Gasteiger partial charge in [-0.3, -0.25) is 4.79 Å². The maximum absolute atomic E-state index is 12.1. The van der Waals surface area contributed by atoms with Crippen LogP contribution in [0.3, 0.4) is 0 Å². The minimum absolute atomic E-state index is 0.0903. The molecule has 1 aliphatic rings. The predicted octanol–water partition coefficient (Wildman–Crippen LogP) is 1.53. The normalized spacial score (nSPS) is 16.6. The standard InChI is InChI=1S/C17H26N2O3/c1-2-13-5-3-6-15(16(13)21)17(22)18-9-4-10-19-11-7-14(20)8-12-19/h3,5-6,14,20-21H,2,4,7-12H2,1H3,(H,18,22). The van der Waals surface area contributed by atoms with Crippen LogP contribution in [-0.2, 0) is 6.42 Å². The molecule has 0 atom stereocenters. The molecule has 0 unspecified atom stereocenters. The third-order valence-corrected chi connectivity index (χ3v) is 4.24. The summed E-state index contributed by atoms with van der Waals surface area (Å²) in [7, 11) is 0. The van der Waals surface area contributed by atoms with Crippen molar-refractivity contribution in [3.05, 3.63) is 29.3 Å². The molecule has 1 amide bonds. The number of nitrogens with zero attached hydrogens (tertiary/aromatic N) is 1. The Morgan fingerprint density at radius 3 is 2.77 bits per heavy atom. The zero-order valence-electron chi connectivity index (χ0n) is 13.2. The summed E-state index contributed by atoms with van der Waals surface area (Å²) in [5.74, 6) is -0.130. The lowest BCUT2D eigenvalue weighted by atomic mass is 10.1. The van der Waals surface area contributed by atoms with Crippen LogP contribution in [0.5, 0.6) is 5.75 Å². The van der Waals surface area contributed by atoms with Gasteiger partial charge < -0.3 is 20.4 Å². The van der Waals surface area contributed by atoms with E-state index < -0.39 is 0 Å². The third-order valence-electron chi connectivity index (χ3n) is 4.24. The van der Waals surface area contributed by atoms with Gasteiger partial charge in [0, 0.05) is 19.6 Å². The average molecular weight is 306 g/mol. The fraction of sp³-hybridized carbons (Fsp3) is 0.588. The van der Waals surface area contributed by atoms with E-state index in [2.05, 4.69) is 10.2 Å². The van der Waals surface area contributed by atoms with E-state index in [0.29, 0.717) is 18.5 Å². The summed E-state index contributed by atoms with van der Waals surface area (Å²) >= 11 is 0. The van der Waals surface area contributed by atoms with Gasteiger partial charge in [-0.15, -0.1) is 0 Å². The molecule has 0 spiro atoms. The highest BCUT2D eigenvalue weighted by Gasteiger charge is 2.16. The fourth-order valence-corrected chi connectivity index (χ4v) is 2.80. The van der Waals surface area contributed by atoms with E-state index in [9.17, 15) is 15.0 Å². The number of aliphatic hydroxyl groups is 1. The number of nitrogens with one attached hydrogen (secondary N) is 1. The summed E-state index contributed by atoms with van der Waals surface area (Å²) in [6.07, 6.45) is 3.10. The molecule has 3 N–H and O–H groups in total. The van der Waals surface area contributed by atoms with E-state index in [1.54, 1.807) is 12.1 Å². The number of aryl methyl sites for hydroxylation is 1. The molecule has 0 radical (unpaired) electrons. The van der Waals surface area contributed by atoms with Crippen molar-refractivity contribution < 1.29 is 15.0 Å². The number of carbonyl (C=O) groups is 1. The van der Waals surface area contributed by atoms with Crippen LogP contribution in [-0.4, -0.2) is 53.3 Å². The van der Waals surface area contributed by atoms with Crippen LogP contribution in [0.4, 0.5) is 0 Å². The Labute approximate surface area is 131 Å². The zero-order valence-corrected chi connectivity index (χ0v) is 13.2. The van der Waals surface area contributed by atoms with Crippen LogP contribution in [0, 0.1) is 0 Å². The van der Waals surface area contributed by atoms with Crippen molar-refractivity contribution >= 4 is 5.91 Å². The van der Waals surface area contributed by atoms with Crippen molar-refractivity contribution in [3.8, 4) is 5.75 Å². The van der Waals surface area contributed by atoms with Gasteiger partial charge >= 0.3 is 0 Å². The first-order chi connectivity index (χ1) is 10.6. The third kappa shape index (κ3) is 4.45. The lowest BCUT2D eigenvalue weighted by Crippen LogP contribution is -2.37. The molecule has 1 fully saturated rings. The lowest BCUT2D eigenvalue weighted by molar-refractivity contribution is 0.0816. The lowest BCUT2D eigenvalue weighted by Gasteiger charge is -2.29. The Kier molecular flexibility index (Phi) is 6.21. The van der Waals surface area contributed by atoms with Crippen LogP contribution in [0.25, 0.3) is 0 Å². The van der Waals surface area contributed by atoms with Crippen LogP contribution in [0.2, 0.25) is 0 Å². The highest BCUT2D eigenvalue weighted by Crippen LogP contribution is 2.22. The van der Waals surface area contributed by atoms with Gasteiger partial charge in [-0.1, -0.05) is 19.1 Å². The number of rotatable bonds is 6. The molecule has 0 bridgehead atoms. The van der Waals surface area contributed by atoms with Crippen molar-refractivity contribution in [3.63, 3.8) is 0 Å². The molecule has 5 heteroatoms. The minimum atomic E-state index is -0.220. The number of phenols is 1. The average Bonchev–Trinajstić information content (AvgIpc) is 2.53. The quantitative estimate of drug-likeness (QED) is 0.697. The summed E-state index contributed by atoms with van der Waals surface area (Å²) < 4.78 is 0. The number of phenolic OH excluding ortho intramolecular Hbond substituents is 1. The second-order valence-electron chi connectivity index (χ2n) is 5.85. The van der Waals surface area contributed by atoms with Gasteiger partial charge in [0.2, 0.25) is 0 Å². The van der Waals surface area contributed by atoms with Gasteiger partial charge in [0.05, 0.1) is 11.7 Å². The number of benzene rings is 1. The zero-order chi connectivity index (χ0) is 15.9. The van der Waals surface area contributed by atoms with E-state index in [1.807, 2.05) is 13.0 Å². The number of hydrogen-bond acceptors (Lipinski definition) is 4. The van der Waals surface area contributed by atoms with Crippen LogP contribution < -0.4 is 5.32 Å². The number of carbonyl (C=O) groups excluding carboxylic acids is 1. The number of aliphatic hydroxyl groups excluding tert-OH is 1. The van der Waals surface area contributed by atoms with E-state index in [1.165, 1.54) is 0 Å². The van der Waals surface area contributed by atoms with E-state index in [0.717, 1.165) is 44.5 Å². The summed E-state index contributed by atoms with van der Waals surface area (Å²) in [4.78, 5) is 14.4. The maximum atomic E-state index is 12.1. The van der Waals surface area contributed by atoms with Crippen LogP contribution in [0.1, 0.15) is 42.1 Å². The van der Waals surface area contributed by atoms with Gasteiger partial charge in [0.1, 0.15) is 5.75 Å². The second-order valence-corrected chi connectivity index (χ2v) is 5.85. The molecule has 5 nitrogen and oxygen atoms in total. The van der Waals surface area contributed by atoms with Gasteiger partial charge in [-0.25, -0.2) is 0 Å². The number of aromatic hydroxyl groups is 1. The van der Waals surface area contributed by atoms with E-state index in [-0.39, 0.29) is 17.8 Å². The fourth-order valence-electron chi connectivity index (χ4n) is 2.80. The molecule has 1 saturated heterocycles. The first kappa shape index (κ1) is 16.8. The Hall–Kier alpha value is -1.59. The SMILES string of the molecule is CCc1cccc(C(=O)NCCCN2CCC(O)CC2)c1O. The van der Waals surface area contributed by atoms with Gasteiger partial charge in [0.25, 0.3) is 5.91 Å². The topological polar surface area (TPSA) is 72.8 Å². The largest absolute Gasteiger partial charge is 0.507 e. The Morgan fingerprint density at radius 2 is 2.09 bits per heavy atom.